The first-order valence-corrected chi connectivity index (χ1v) is 7.10. The number of carbonyl (C=O) groups is 3. The number of carboxylic acids is 2. The SMILES string of the molecule is O=C(O)c1cc([N+](=O)[O-])c(C(=O)O)c([N+](=O)[O-])c1O.O=CO.Oc1ccc(O)cc1. The lowest BCUT2D eigenvalue weighted by atomic mass is 10.0. The zero-order chi connectivity index (χ0) is 23.6. The van der Waals surface area contributed by atoms with Crippen molar-refractivity contribution < 1.29 is 54.9 Å². The van der Waals surface area contributed by atoms with Crippen LogP contribution in [0.5, 0.6) is 17.2 Å². The molecule has 6 N–H and O–H groups in total. The molecule has 0 atom stereocenters. The fourth-order valence-electron chi connectivity index (χ4n) is 1.79. The van der Waals surface area contributed by atoms with Crippen molar-refractivity contribution in [1.82, 2.24) is 0 Å². The summed E-state index contributed by atoms with van der Waals surface area (Å²) in [6, 6.07) is 5.95. The Morgan fingerprint density at radius 2 is 1.27 bits per heavy atom. The van der Waals surface area contributed by atoms with Gasteiger partial charge in [-0.1, -0.05) is 0 Å². The van der Waals surface area contributed by atoms with Crippen molar-refractivity contribution in [3.05, 3.63) is 61.7 Å². The van der Waals surface area contributed by atoms with E-state index in [9.17, 15) is 34.9 Å². The number of benzene rings is 2. The Morgan fingerprint density at radius 1 is 0.867 bits per heavy atom. The number of rotatable bonds is 4. The van der Waals surface area contributed by atoms with E-state index in [0.29, 0.717) is 0 Å². The van der Waals surface area contributed by atoms with Crippen LogP contribution in [0, 0.1) is 20.2 Å². The number of phenols is 3. The zero-order valence-electron chi connectivity index (χ0n) is 14.4. The van der Waals surface area contributed by atoms with Gasteiger partial charge in [0, 0.05) is 6.07 Å². The summed E-state index contributed by atoms with van der Waals surface area (Å²) < 4.78 is 0. The second-order valence-corrected chi connectivity index (χ2v) is 4.76. The second kappa shape index (κ2) is 11.0. The van der Waals surface area contributed by atoms with E-state index >= 15 is 0 Å². The molecule has 2 rings (SSSR count). The summed E-state index contributed by atoms with van der Waals surface area (Å²) in [7, 11) is 0. The number of hydrogen-bond acceptors (Lipinski definition) is 10. The van der Waals surface area contributed by atoms with Crippen molar-refractivity contribution in [2.75, 3.05) is 0 Å². The Kier molecular flexibility index (Phi) is 9.20. The van der Waals surface area contributed by atoms with Gasteiger partial charge >= 0.3 is 17.6 Å². The maximum atomic E-state index is 10.8. The van der Waals surface area contributed by atoms with Gasteiger partial charge in [-0.2, -0.15) is 0 Å². The minimum Gasteiger partial charge on any atom is -0.508 e. The largest absolute Gasteiger partial charge is 0.508 e. The maximum absolute atomic E-state index is 10.8. The minimum absolute atomic E-state index is 0.169. The third-order valence-electron chi connectivity index (χ3n) is 2.93. The lowest BCUT2D eigenvalue weighted by Crippen LogP contribution is -2.10. The van der Waals surface area contributed by atoms with Crippen molar-refractivity contribution in [3.63, 3.8) is 0 Å². The number of nitro groups is 2. The summed E-state index contributed by atoms with van der Waals surface area (Å²) in [5.41, 5.74) is -5.37. The predicted molar refractivity (Wildman–Crippen MR) is 93.8 cm³/mol. The highest BCUT2D eigenvalue weighted by atomic mass is 16.6. The Hall–Kier alpha value is -4.95. The van der Waals surface area contributed by atoms with Crippen LogP contribution in [-0.4, -0.2) is 58.9 Å². The average Bonchev–Trinajstić information content (AvgIpc) is 2.63. The van der Waals surface area contributed by atoms with Crippen LogP contribution in [0.1, 0.15) is 20.7 Å². The van der Waals surface area contributed by atoms with Crippen LogP contribution >= 0.6 is 0 Å². The smallest absolute Gasteiger partial charge is 0.350 e. The molecule has 0 heterocycles. The van der Waals surface area contributed by atoms with Crippen molar-refractivity contribution >= 4 is 29.8 Å². The van der Waals surface area contributed by atoms with Crippen LogP contribution in [0.15, 0.2) is 30.3 Å². The number of aromatic hydroxyl groups is 3. The molecule has 0 aliphatic rings. The first-order chi connectivity index (χ1) is 13.9. The summed E-state index contributed by atoms with van der Waals surface area (Å²) in [6.45, 7) is -0.250. The normalized spacial score (nSPS) is 9.07. The monoisotopic (exact) mass is 428 g/mol. The van der Waals surface area contributed by atoms with Gasteiger partial charge in [-0.3, -0.25) is 25.0 Å². The van der Waals surface area contributed by atoms with Gasteiger partial charge < -0.3 is 30.6 Å². The van der Waals surface area contributed by atoms with E-state index in [-0.39, 0.29) is 24.0 Å². The van der Waals surface area contributed by atoms with E-state index in [1.807, 2.05) is 0 Å². The van der Waals surface area contributed by atoms with Gasteiger partial charge in [0.05, 0.1) is 9.85 Å². The van der Waals surface area contributed by atoms with Gasteiger partial charge in [-0.25, -0.2) is 9.59 Å². The molecular weight excluding hydrogens is 416 g/mol. The molecular formula is C15H12N2O13. The molecule has 0 amide bonds. The van der Waals surface area contributed by atoms with Crippen LogP contribution < -0.4 is 0 Å². The molecule has 2 aromatic carbocycles. The first-order valence-electron chi connectivity index (χ1n) is 7.10. The summed E-state index contributed by atoms with van der Waals surface area (Å²) in [5, 5.41) is 72.2. The summed E-state index contributed by atoms with van der Waals surface area (Å²) >= 11 is 0. The maximum Gasteiger partial charge on any atom is 0.350 e. The standard InChI is InChI=1S/C8H4N2O9.C6H6O2.CH2O2/c11-6-2(7(12)13)1-3(9(16)17)4(8(14)15)5(6)10(18)19;7-5-1-2-6(8)4-3-5;2-1-3/h1,11H,(H,12,13)(H,14,15);1-4,7-8H;1H,(H,2,3). The van der Waals surface area contributed by atoms with Crippen molar-refractivity contribution in [2.45, 2.75) is 0 Å². The quantitative estimate of drug-likeness (QED) is 0.174. The van der Waals surface area contributed by atoms with Crippen molar-refractivity contribution in [2.24, 2.45) is 0 Å². The summed E-state index contributed by atoms with van der Waals surface area (Å²) in [4.78, 5) is 48.5. The van der Waals surface area contributed by atoms with E-state index in [4.69, 9.17) is 30.3 Å². The van der Waals surface area contributed by atoms with Gasteiger partial charge in [0.1, 0.15) is 17.1 Å². The Bertz CT molecular complexity index is 948. The molecule has 0 saturated heterocycles. The highest BCUT2D eigenvalue weighted by Gasteiger charge is 2.38. The molecule has 0 unspecified atom stereocenters. The van der Waals surface area contributed by atoms with Crippen LogP contribution in [0.2, 0.25) is 0 Å². The Morgan fingerprint density at radius 3 is 1.53 bits per heavy atom. The summed E-state index contributed by atoms with van der Waals surface area (Å²) in [5.74, 6) is -5.03. The van der Waals surface area contributed by atoms with Gasteiger partial charge in [0.25, 0.3) is 12.2 Å². The van der Waals surface area contributed by atoms with Crippen LogP contribution in [0.3, 0.4) is 0 Å². The van der Waals surface area contributed by atoms with Gasteiger partial charge in [-0.15, -0.1) is 0 Å². The van der Waals surface area contributed by atoms with E-state index in [0.717, 1.165) is 0 Å². The molecule has 0 aliphatic heterocycles. The fourth-order valence-corrected chi connectivity index (χ4v) is 1.79. The highest BCUT2D eigenvalue weighted by Crippen LogP contribution is 2.39. The Balaban J connectivity index is 0.000000628. The fraction of sp³-hybridized carbons (Fsp3) is 0. The molecule has 15 heteroatoms. The molecule has 0 spiro atoms. The molecule has 160 valence electrons. The third-order valence-corrected chi connectivity index (χ3v) is 2.93. The topological polar surface area (TPSA) is 259 Å². The van der Waals surface area contributed by atoms with E-state index in [1.165, 1.54) is 24.3 Å². The molecule has 0 fully saturated rings. The van der Waals surface area contributed by atoms with E-state index < -0.39 is 50.0 Å². The zero-order valence-corrected chi connectivity index (χ0v) is 14.4. The average molecular weight is 428 g/mol. The molecule has 0 saturated carbocycles. The number of hydrogen-bond donors (Lipinski definition) is 6. The molecule has 0 aromatic heterocycles. The molecule has 2 aromatic rings. The van der Waals surface area contributed by atoms with E-state index in [1.54, 1.807) is 0 Å². The number of nitrogens with zero attached hydrogens (tertiary/aromatic N) is 2. The Labute approximate surface area is 164 Å². The number of carboxylic acid groups (broad SMARTS) is 3. The van der Waals surface area contributed by atoms with Crippen molar-refractivity contribution in [3.8, 4) is 17.2 Å². The molecule has 0 radical (unpaired) electrons. The number of phenolic OH excluding ortho intramolecular Hbond substituents is 2. The summed E-state index contributed by atoms with van der Waals surface area (Å²) in [6.07, 6.45) is 0. The third kappa shape index (κ3) is 6.65. The van der Waals surface area contributed by atoms with Crippen LogP contribution in [0.4, 0.5) is 11.4 Å². The lowest BCUT2D eigenvalue weighted by molar-refractivity contribution is -0.395. The second-order valence-electron chi connectivity index (χ2n) is 4.76. The van der Waals surface area contributed by atoms with Crippen molar-refractivity contribution in [1.29, 1.82) is 0 Å². The molecule has 30 heavy (non-hydrogen) atoms. The predicted octanol–water partition coefficient (Wildman–Crippen LogP) is 1.40. The van der Waals surface area contributed by atoms with Crippen LogP contribution in [0.25, 0.3) is 0 Å². The number of aromatic carboxylic acids is 2. The lowest BCUT2D eigenvalue weighted by Gasteiger charge is -2.04. The van der Waals surface area contributed by atoms with Gasteiger partial charge in [-0.05, 0) is 24.3 Å². The highest BCUT2D eigenvalue weighted by molar-refractivity contribution is 6.03. The van der Waals surface area contributed by atoms with E-state index in [2.05, 4.69) is 0 Å². The number of nitro benzene ring substituents is 2. The van der Waals surface area contributed by atoms with Gasteiger partial charge in [0.2, 0.25) is 11.3 Å². The van der Waals surface area contributed by atoms with Gasteiger partial charge in [0.15, 0.2) is 0 Å². The molecule has 15 nitrogen and oxygen atoms in total. The molecule has 0 aliphatic carbocycles. The minimum atomic E-state index is -2.04. The first kappa shape index (κ1) is 25.1. The van der Waals surface area contributed by atoms with Crippen LogP contribution in [-0.2, 0) is 4.79 Å². The molecule has 0 bridgehead atoms.